The minimum atomic E-state index is 0. The van der Waals surface area contributed by atoms with E-state index >= 15 is 0 Å². The second-order valence-corrected chi connectivity index (χ2v) is 15.9. The maximum absolute atomic E-state index is 2.99. The Morgan fingerprint density at radius 1 is 0.688 bits per heavy atom. The molecule has 5 aromatic carbocycles. The van der Waals surface area contributed by atoms with Gasteiger partial charge in [-0.15, -0.1) is 46.2 Å². The Labute approximate surface area is 315 Å². The van der Waals surface area contributed by atoms with Crippen LogP contribution in [0.4, 0.5) is 0 Å². The molecule has 5 aromatic rings. The molecule has 0 aliphatic heterocycles. The van der Waals surface area contributed by atoms with Gasteiger partial charge in [0.1, 0.15) is 0 Å². The van der Waals surface area contributed by atoms with Crippen LogP contribution in [0.25, 0.3) is 32.7 Å². The predicted molar refractivity (Wildman–Crippen MR) is 197 cm³/mol. The molecule has 0 saturated carbocycles. The van der Waals surface area contributed by atoms with E-state index in [0.717, 1.165) is 19.3 Å². The molecule has 0 nitrogen and oxygen atoms in total. The molecule has 0 spiro atoms. The molecule has 0 N–H and O–H groups in total. The van der Waals surface area contributed by atoms with E-state index in [9.17, 15) is 0 Å². The van der Waals surface area contributed by atoms with Crippen LogP contribution in [0.15, 0.2) is 121 Å². The van der Waals surface area contributed by atoms with Gasteiger partial charge in [0.05, 0.1) is 0 Å². The number of hydrogen-bond donors (Lipinski definition) is 0. The molecule has 3 aliphatic carbocycles. The fourth-order valence-corrected chi connectivity index (χ4v) is 8.31. The van der Waals surface area contributed by atoms with Crippen molar-refractivity contribution in [2.45, 2.75) is 71.6 Å². The molecule has 8 rings (SSSR count). The second kappa shape index (κ2) is 15.7. The van der Waals surface area contributed by atoms with Crippen molar-refractivity contribution < 1.29 is 49.0 Å². The van der Waals surface area contributed by atoms with E-state index in [1.165, 1.54) is 66.1 Å². The average molecular weight is 747 g/mol. The first kappa shape index (κ1) is 37.9. The standard InChI is InChI=1S/C25H25.C15H14.C5H5.2ClH.Zr/c1-14-12-24(3,4)22-8-16-7-17-9-23-19(15(2)13-25(23,5)6)11-21(17)20(16)10-18(14)22;1-3-8-14(9-4-1)12-7-13-15-10-5-2-6-11-15;1-2-4-5-3-1;;;/h7-13H,1-6H3;1-6,8-11H,12-13H2;1-3H,4H2;2*1H;/q-1;;-1;;;+2/p-2. The van der Waals surface area contributed by atoms with Crippen molar-refractivity contribution in [3.63, 3.8) is 0 Å². The number of fused-ring (bicyclic) bond motifs is 5. The summed E-state index contributed by atoms with van der Waals surface area (Å²) in [6, 6.07) is 33.5. The number of halogens is 2. The molecular weight excluding hydrogens is 703 g/mol. The van der Waals surface area contributed by atoms with Gasteiger partial charge < -0.3 is 24.8 Å². The van der Waals surface area contributed by atoms with Crippen molar-refractivity contribution in [3.05, 3.63) is 161 Å². The fourth-order valence-electron chi connectivity index (χ4n) is 7.31. The predicted octanol–water partition coefficient (Wildman–Crippen LogP) is 5.61. The van der Waals surface area contributed by atoms with Crippen LogP contribution in [0.3, 0.4) is 0 Å². The molecule has 3 heteroatoms. The maximum atomic E-state index is 2.99. The summed E-state index contributed by atoms with van der Waals surface area (Å²) < 4.78 is 1.60. The van der Waals surface area contributed by atoms with E-state index in [1.54, 1.807) is 27.4 Å². The van der Waals surface area contributed by atoms with E-state index in [1.807, 2.05) is 12.2 Å². The number of allylic oxidation sites excluding steroid dienone is 8. The Morgan fingerprint density at radius 3 is 1.48 bits per heavy atom. The summed E-state index contributed by atoms with van der Waals surface area (Å²) in [5.41, 5.74) is 11.7. The zero-order valence-corrected chi connectivity index (χ0v) is 32.9. The Morgan fingerprint density at radius 2 is 1.12 bits per heavy atom. The first-order valence-corrected chi connectivity index (χ1v) is 17.7. The molecule has 0 aromatic heterocycles. The third-order valence-electron chi connectivity index (χ3n) is 9.48. The van der Waals surface area contributed by atoms with Crippen LogP contribution in [0.5, 0.6) is 0 Å². The molecule has 3 aliphatic rings. The van der Waals surface area contributed by atoms with Gasteiger partial charge in [-0.25, -0.2) is 12.2 Å². The fraction of sp³-hybridized carbons (Fsp3) is 0.244. The number of hydrogen-bond acceptors (Lipinski definition) is 0. The van der Waals surface area contributed by atoms with E-state index < -0.39 is 0 Å². The van der Waals surface area contributed by atoms with E-state index in [2.05, 4.69) is 157 Å². The van der Waals surface area contributed by atoms with Crippen molar-refractivity contribution in [3.8, 4) is 0 Å². The van der Waals surface area contributed by atoms with Crippen molar-refractivity contribution >= 4 is 35.9 Å². The van der Waals surface area contributed by atoms with Crippen LogP contribution in [0.1, 0.15) is 81.3 Å². The topological polar surface area (TPSA) is 0 Å². The second-order valence-electron chi connectivity index (χ2n) is 14.1. The molecule has 0 bridgehead atoms. The third-order valence-corrected chi connectivity index (χ3v) is 10.3. The van der Waals surface area contributed by atoms with E-state index in [0.29, 0.717) is 0 Å². The van der Waals surface area contributed by atoms with E-state index in [4.69, 9.17) is 0 Å². The van der Waals surface area contributed by atoms with Gasteiger partial charge in [-0.3, -0.25) is 6.08 Å². The summed E-state index contributed by atoms with van der Waals surface area (Å²) in [5, 5.41) is 5.57. The zero-order valence-electron chi connectivity index (χ0n) is 28.9. The van der Waals surface area contributed by atoms with Crippen LogP contribution in [-0.4, -0.2) is 3.21 Å². The third kappa shape index (κ3) is 8.25. The Bertz CT molecular complexity index is 1890. The van der Waals surface area contributed by atoms with Crippen LogP contribution in [-0.2, 0) is 47.9 Å². The quantitative estimate of drug-likeness (QED) is 0.210. The summed E-state index contributed by atoms with van der Waals surface area (Å²) >= 11 is 1.55. The minimum absolute atomic E-state index is 0. The van der Waals surface area contributed by atoms with Gasteiger partial charge in [0.25, 0.3) is 0 Å². The van der Waals surface area contributed by atoms with Crippen LogP contribution >= 0.6 is 0 Å². The zero-order chi connectivity index (χ0) is 32.5. The molecular formula is C45H44Cl2Zr-2. The molecule has 48 heavy (non-hydrogen) atoms. The molecule has 0 unspecified atom stereocenters. The molecule has 0 radical (unpaired) electrons. The first-order chi connectivity index (χ1) is 22.0. The molecule has 244 valence electrons. The van der Waals surface area contributed by atoms with Crippen molar-refractivity contribution in [2.24, 2.45) is 0 Å². The molecule has 0 amide bonds. The summed E-state index contributed by atoms with van der Waals surface area (Å²) in [6.45, 7) is 13.8. The van der Waals surface area contributed by atoms with Crippen LogP contribution in [0.2, 0.25) is 0 Å². The van der Waals surface area contributed by atoms with Crippen molar-refractivity contribution in [1.29, 1.82) is 0 Å². The van der Waals surface area contributed by atoms with Gasteiger partial charge in [-0.1, -0.05) is 63.1 Å². The Kier molecular flexibility index (Phi) is 12.4. The molecule has 0 heterocycles. The van der Waals surface area contributed by atoms with Gasteiger partial charge in [-0.05, 0) is 36.1 Å². The van der Waals surface area contributed by atoms with Crippen molar-refractivity contribution in [1.82, 2.24) is 0 Å². The van der Waals surface area contributed by atoms with Gasteiger partial charge in [0.15, 0.2) is 0 Å². The summed E-state index contributed by atoms with van der Waals surface area (Å²) in [5.74, 6) is 0. The summed E-state index contributed by atoms with van der Waals surface area (Å²) in [6.07, 6.45) is 17.1. The molecule has 0 saturated heterocycles. The van der Waals surface area contributed by atoms with Crippen molar-refractivity contribution in [2.75, 3.05) is 0 Å². The van der Waals surface area contributed by atoms with E-state index in [-0.39, 0.29) is 35.6 Å². The normalized spacial score (nSPS) is 15.6. The monoisotopic (exact) mass is 744 g/mol. The molecule has 0 atom stereocenters. The Balaban J connectivity index is 0.000000195. The van der Waals surface area contributed by atoms with Crippen LogP contribution < -0.4 is 24.8 Å². The van der Waals surface area contributed by atoms with Gasteiger partial charge in [-0.2, -0.15) is 6.08 Å². The van der Waals surface area contributed by atoms with Gasteiger partial charge >= 0.3 is 112 Å². The Hall–Kier alpha value is -2.96. The van der Waals surface area contributed by atoms with Crippen LogP contribution in [0, 0.1) is 6.08 Å². The first-order valence-electron chi connectivity index (χ1n) is 16.5. The van der Waals surface area contributed by atoms with Gasteiger partial charge in [0, 0.05) is 10.8 Å². The van der Waals surface area contributed by atoms with Gasteiger partial charge in [0.2, 0.25) is 0 Å². The summed E-state index contributed by atoms with van der Waals surface area (Å²) in [7, 11) is 0. The number of benzene rings is 4. The average Bonchev–Trinajstić information content (AvgIpc) is 3.80. The SMILES string of the molecule is CC1=CC(C)(C)c2cc3[cH-]c4cc5c(cc4c3cc21)C(C)=CC5(C)C.[C-]1=CC=CC1.[Cl-].[Cl-].[Zr+2]=[C](Cc1ccccc1)Cc1ccccc1. The summed E-state index contributed by atoms with van der Waals surface area (Å²) in [4.78, 5) is 0. The number of rotatable bonds is 4. The molecule has 0 fully saturated rings.